The second kappa shape index (κ2) is 5.87. The average Bonchev–Trinajstić information content (AvgIpc) is 2.31. The number of hydrogen-bond donors (Lipinski definition) is 1. The second-order valence-electron chi connectivity index (χ2n) is 4.99. The van der Waals surface area contributed by atoms with Gasteiger partial charge in [0.25, 0.3) is 0 Å². The van der Waals surface area contributed by atoms with Crippen LogP contribution in [0, 0.1) is 25.7 Å². The summed E-state index contributed by atoms with van der Waals surface area (Å²) >= 11 is 0. The number of ketones is 1. The van der Waals surface area contributed by atoms with E-state index in [-0.39, 0.29) is 11.7 Å². The van der Waals surface area contributed by atoms with Crippen molar-refractivity contribution in [1.29, 1.82) is 0 Å². The van der Waals surface area contributed by atoms with E-state index in [1.807, 2.05) is 13.8 Å². The number of Topliss-reactive ketones (excluding diaryl/α,β-unsaturated/α-hetero) is 1. The van der Waals surface area contributed by atoms with Crippen molar-refractivity contribution in [2.24, 2.45) is 11.8 Å². The van der Waals surface area contributed by atoms with Crippen LogP contribution in [-0.2, 0) is 4.79 Å². The van der Waals surface area contributed by atoms with Gasteiger partial charge in [0.2, 0.25) is 0 Å². The second-order valence-corrected chi connectivity index (χ2v) is 4.99. The first kappa shape index (κ1) is 15.2. The molecule has 0 radical (unpaired) electrons. The van der Waals surface area contributed by atoms with Gasteiger partial charge in [0.15, 0.2) is 5.78 Å². The molecule has 4 nitrogen and oxygen atoms in total. The van der Waals surface area contributed by atoms with E-state index in [2.05, 4.69) is 0 Å². The third-order valence-corrected chi connectivity index (χ3v) is 3.44. The lowest BCUT2D eigenvalue weighted by atomic mass is 9.85. The van der Waals surface area contributed by atoms with Crippen LogP contribution >= 0.6 is 0 Å². The van der Waals surface area contributed by atoms with Gasteiger partial charge < -0.3 is 9.84 Å². The molecule has 1 rings (SSSR count). The van der Waals surface area contributed by atoms with Gasteiger partial charge in [0.05, 0.1) is 7.11 Å². The zero-order valence-electron chi connectivity index (χ0n) is 12.0. The summed E-state index contributed by atoms with van der Waals surface area (Å²) < 4.78 is 5.19. The molecular formula is C15H20O4. The lowest BCUT2D eigenvalue weighted by Crippen LogP contribution is -2.29. The number of rotatable bonds is 5. The highest BCUT2D eigenvalue weighted by molar-refractivity contribution is 6.09. The van der Waals surface area contributed by atoms with Crippen LogP contribution in [0.3, 0.4) is 0 Å². The summed E-state index contributed by atoms with van der Waals surface area (Å²) in [6, 6.07) is 3.34. The number of carboxylic acid groups (broad SMARTS) is 1. The Kier molecular flexibility index (Phi) is 4.70. The molecule has 0 bridgehead atoms. The molecule has 0 aliphatic carbocycles. The predicted octanol–water partition coefficient (Wildman–Crippen LogP) is 2.85. The molecular weight excluding hydrogens is 244 g/mol. The van der Waals surface area contributed by atoms with Gasteiger partial charge in [-0.3, -0.25) is 9.59 Å². The summed E-state index contributed by atoms with van der Waals surface area (Å²) in [4.78, 5) is 23.6. The average molecular weight is 264 g/mol. The van der Waals surface area contributed by atoms with Crippen LogP contribution in [0.25, 0.3) is 0 Å². The minimum atomic E-state index is -1.08. The van der Waals surface area contributed by atoms with E-state index < -0.39 is 11.9 Å². The first-order valence-corrected chi connectivity index (χ1v) is 6.22. The Morgan fingerprint density at radius 1 is 1.16 bits per heavy atom. The molecule has 0 amide bonds. The minimum Gasteiger partial charge on any atom is -0.496 e. The van der Waals surface area contributed by atoms with Crippen molar-refractivity contribution in [3.63, 3.8) is 0 Å². The Bertz CT molecular complexity index is 503. The van der Waals surface area contributed by atoms with Crippen molar-refractivity contribution in [1.82, 2.24) is 0 Å². The Hall–Kier alpha value is -1.84. The molecule has 1 N–H and O–H groups in total. The van der Waals surface area contributed by atoms with Crippen LogP contribution in [0.4, 0.5) is 0 Å². The zero-order chi connectivity index (χ0) is 14.7. The highest BCUT2D eigenvalue weighted by atomic mass is 16.5. The molecule has 0 saturated carbocycles. The number of carbonyl (C=O) groups excluding carboxylic acids is 1. The lowest BCUT2D eigenvalue weighted by molar-refractivity contribution is -0.141. The Balaban J connectivity index is 3.27. The third-order valence-electron chi connectivity index (χ3n) is 3.44. The summed E-state index contributed by atoms with van der Waals surface area (Å²) in [7, 11) is 1.57. The van der Waals surface area contributed by atoms with E-state index in [1.54, 1.807) is 33.1 Å². The lowest BCUT2D eigenvalue weighted by Gasteiger charge is -2.18. The standard InChI is InChI=1S/C15H20O4/c1-8(2)13(15(17)18)14(16)11-6-7-12(19-5)10(4)9(11)3/h6-8,13H,1-5H3,(H,17,18). The van der Waals surface area contributed by atoms with Crippen LogP contribution < -0.4 is 4.74 Å². The molecule has 0 fully saturated rings. The van der Waals surface area contributed by atoms with Crippen molar-refractivity contribution in [2.45, 2.75) is 27.7 Å². The smallest absolute Gasteiger partial charge is 0.314 e. The van der Waals surface area contributed by atoms with Gasteiger partial charge in [-0.1, -0.05) is 13.8 Å². The van der Waals surface area contributed by atoms with Crippen molar-refractivity contribution >= 4 is 11.8 Å². The van der Waals surface area contributed by atoms with Gasteiger partial charge in [0, 0.05) is 5.56 Å². The summed E-state index contributed by atoms with van der Waals surface area (Å²) in [5.41, 5.74) is 2.09. The van der Waals surface area contributed by atoms with E-state index in [9.17, 15) is 14.7 Å². The fourth-order valence-electron chi connectivity index (χ4n) is 2.15. The Labute approximate surface area is 113 Å². The quantitative estimate of drug-likeness (QED) is 0.656. The van der Waals surface area contributed by atoms with Gasteiger partial charge in [0.1, 0.15) is 11.7 Å². The zero-order valence-corrected chi connectivity index (χ0v) is 12.0. The maximum atomic E-state index is 12.4. The first-order chi connectivity index (χ1) is 8.81. The number of carboxylic acids is 1. The van der Waals surface area contributed by atoms with Crippen LogP contribution in [0.1, 0.15) is 35.3 Å². The largest absolute Gasteiger partial charge is 0.496 e. The number of hydrogen-bond acceptors (Lipinski definition) is 3. The van der Waals surface area contributed by atoms with Crippen LogP contribution in [-0.4, -0.2) is 24.0 Å². The maximum absolute atomic E-state index is 12.4. The van der Waals surface area contributed by atoms with Crippen molar-refractivity contribution in [2.75, 3.05) is 7.11 Å². The maximum Gasteiger partial charge on any atom is 0.314 e. The summed E-state index contributed by atoms with van der Waals surface area (Å²) in [5.74, 6) is -1.97. The van der Waals surface area contributed by atoms with Crippen molar-refractivity contribution in [3.05, 3.63) is 28.8 Å². The van der Waals surface area contributed by atoms with Crippen molar-refractivity contribution < 1.29 is 19.4 Å². The Morgan fingerprint density at radius 3 is 2.16 bits per heavy atom. The molecule has 19 heavy (non-hydrogen) atoms. The van der Waals surface area contributed by atoms with E-state index in [0.717, 1.165) is 11.1 Å². The fourth-order valence-corrected chi connectivity index (χ4v) is 2.15. The normalized spacial score (nSPS) is 12.3. The molecule has 0 spiro atoms. The van der Waals surface area contributed by atoms with E-state index in [1.165, 1.54) is 0 Å². The summed E-state index contributed by atoms with van der Waals surface area (Å²) in [5, 5.41) is 9.19. The first-order valence-electron chi connectivity index (χ1n) is 6.22. The van der Waals surface area contributed by atoms with Crippen LogP contribution in [0.2, 0.25) is 0 Å². The summed E-state index contributed by atoms with van der Waals surface area (Å²) in [6.45, 7) is 7.14. The molecule has 4 heteroatoms. The third kappa shape index (κ3) is 2.95. The number of methoxy groups -OCH3 is 1. The number of aliphatic carboxylic acids is 1. The molecule has 0 heterocycles. The summed E-state index contributed by atoms with van der Waals surface area (Å²) in [6.07, 6.45) is 0. The molecule has 0 aromatic heterocycles. The van der Waals surface area contributed by atoms with Crippen LogP contribution in [0.15, 0.2) is 12.1 Å². The van der Waals surface area contributed by atoms with Gasteiger partial charge in [-0.25, -0.2) is 0 Å². The number of ether oxygens (including phenoxy) is 1. The van der Waals surface area contributed by atoms with Gasteiger partial charge in [-0.15, -0.1) is 0 Å². The molecule has 1 unspecified atom stereocenters. The topological polar surface area (TPSA) is 63.6 Å². The van der Waals surface area contributed by atoms with E-state index >= 15 is 0 Å². The van der Waals surface area contributed by atoms with Gasteiger partial charge in [-0.05, 0) is 43.0 Å². The van der Waals surface area contributed by atoms with E-state index in [0.29, 0.717) is 11.3 Å². The molecule has 1 atom stereocenters. The molecule has 0 aliphatic rings. The molecule has 1 aromatic rings. The van der Waals surface area contributed by atoms with Gasteiger partial charge in [-0.2, -0.15) is 0 Å². The molecule has 1 aromatic carbocycles. The van der Waals surface area contributed by atoms with Crippen LogP contribution in [0.5, 0.6) is 5.75 Å². The highest BCUT2D eigenvalue weighted by Crippen LogP contribution is 2.27. The molecule has 0 aliphatic heterocycles. The van der Waals surface area contributed by atoms with Gasteiger partial charge >= 0.3 is 5.97 Å². The molecule has 104 valence electrons. The minimum absolute atomic E-state index is 0.244. The predicted molar refractivity (Wildman–Crippen MR) is 72.8 cm³/mol. The number of benzene rings is 1. The monoisotopic (exact) mass is 264 g/mol. The number of carbonyl (C=O) groups is 2. The van der Waals surface area contributed by atoms with Crippen molar-refractivity contribution in [3.8, 4) is 5.75 Å². The van der Waals surface area contributed by atoms with E-state index in [4.69, 9.17) is 4.74 Å². The fraction of sp³-hybridized carbons (Fsp3) is 0.467. The highest BCUT2D eigenvalue weighted by Gasteiger charge is 2.31. The SMILES string of the molecule is COc1ccc(C(=O)C(C(=O)O)C(C)C)c(C)c1C. The Morgan fingerprint density at radius 2 is 1.74 bits per heavy atom. The molecule has 0 saturated heterocycles.